The van der Waals surface area contributed by atoms with E-state index in [0.717, 1.165) is 13.1 Å². The third kappa shape index (κ3) is 4.14. The number of nitrogens with two attached hydrogens (primary N) is 1. The Kier molecular flexibility index (Phi) is 6.42. The maximum Gasteiger partial charge on any atom is 0.268 e. The van der Waals surface area contributed by atoms with Crippen molar-refractivity contribution in [1.29, 1.82) is 0 Å². The summed E-state index contributed by atoms with van der Waals surface area (Å²) >= 11 is 0. The zero-order chi connectivity index (χ0) is 13.4. The second-order valence-corrected chi connectivity index (χ2v) is 3.80. The third-order valence-corrected chi connectivity index (χ3v) is 2.69. The molecule has 0 aromatic carbocycles. The quantitative estimate of drug-likeness (QED) is 0.310. The van der Waals surface area contributed by atoms with E-state index < -0.39 is 0 Å². The fourth-order valence-corrected chi connectivity index (χ4v) is 1.63. The molecule has 0 aliphatic carbocycles. The molecule has 6 heteroatoms. The standard InChI is InChI=1S/C12H21N3O3/c1-3-15(6-8-17-4-2)9-11-10(5-7-18-11)12(16)14-13/h5,7H,3-4,6,8-9,13H2,1-2H3,(H,14,16). The van der Waals surface area contributed by atoms with Crippen molar-refractivity contribution in [3.63, 3.8) is 0 Å². The van der Waals surface area contributed by atoms with Crippen LogP contribution in [0.25, 0.3) is 0 Å². The molecule has 0 atom stereocenters. The van der Waals surface area contributed by atoms with Crippen molar-refractivity contribution in [3.8, 4) is 0 Å². The van der Waals surface area contributed by atoms with Crippen molar-refractivity contribution in [2.24, 2.45) is 5.84 Å². The minimum absolute atomic E-state index is 0.334. The summed E-state index contributed by atoms with van der Waals surface area (Å²) in [6.07, 6.45) is 1.50. The Hall–Kier alpha value is -1.37. The van der Waals surface area contributed by atoms with Crippen molar-refractivity contribution < 1.29 is 13.9 Å². The minimum atomic E-state index is -0.334. The van der Waals surface area contributed by atoms with Crippen molar-refractivity contribution in [3.05, 3.63) is 23.7 Å². The van der Waals surface area contributed by atoms with Gasteiger partial charge >= 0.3 is 0 Å². The highest BCUT2D eigenvalue weighted by Gasteiger charge is 2.15. The number of likely N-dealkylation sites (N-methyl/N-ethyl adjacent to an activating group) is 1. The molecule has 0 fully saturated rings. The van der Waals surface area contributed by atoms with E-state index in [9.17, 15) is 4.79 Å². The summed E-state index contributed by atoms with van der Waals surface area (Å²) < 4.78 is 10.6. The number of nitrogen functional groups attached to an aromatic ring is 1. The van der Waals surface area contributed by atoms with Gasteiger partial charge in [0.15, 0.2) is 0 Å². The van der Waals surface area contributed by atoms with Crippen LogP contribution in [0.3, 0.4) is 0 Å². The Morgan fingerprint density at radius 1 is 1.56 bits per heavy atom. The molecule has 1 aromatic heterocycles. The molecule has 0 bridgehead atoms. The van der Waals surface area contributed by atoms with Gasteiger partial charge in [0.25, 0.3) is 5.91 Å². The molecule has 6 nitrogen and oxygen atoms in total. The summed E-state index contributed by atoms with van der Waals surface area (Å²) in [4.78, 5) is 13.6. The normalized spacial score (nSPS) is 10.9. The molecule has 0 unspecified atom stereocenters. The van der Waals surface area contributed by atoms with E-state index in [1.807, 2.05) is 6.92 Å². The Bertz CT molecular complexity index is 365. The summed E-state index contributed by atoms with van der Waals surface area (Å²) in [6.45, 7) is 7.62. The van der Waals surface area contributed by atoms with Gasteiger partial charge in [0.1, 0.15) is 5.76 Å². The first kappa shape index (κ1) is 14.7. The second-order valence-electron chi connectivity index (χ2n) is 3.80. The van der Waals surface area contributed by atoms with Gasteiger partial charge in [0.2, 0.25) is 0 Å². The summed E-state index contributed by atoms with van der Waals surface area (Å²) in [7, 11) is 0. The highest BCUT2D eigenvalue weighted by Crippen LogP contribution is 2.13. The molecule has 0 saturated carbocycles. The number of rotatable bonds is 8. The van der Waals surface area contributed by atoms with E-state index in [0.29, 0.717) is 31.1 Å². The number of furan rings is 1. The minimum Gasteiger partial charge on any atom is -0.467 e. The van der Waals surface area contributed by atoms with Crippen LogP contribution < -0.4 is 11.3 Å². The highest BCUT2D eigenvalue weighted by molar-refractivity contribution is 5.94. The lowest BCUT2D eigenvalue weighted by Gasteiger charge is -2.19. The van der Waals surface area contributed by atoms with Gasteiger partial charge in [-0.1, -0.05) is 6.92 Å². The Morgan fingerprint density at radius 3 is 2.94 bits per heavy atom. The number of carbonyl (C=O) groups excluding carboxylic acids is 1. The van der Waals surface area contributed by atoms with E-state index in [1.165, 1.54) is 6.26 Å². The lowest BCUT2D eigenvalue weighted by molar-refractivity contribution is 0.0945. The topological polar surface area (TPSA) is 80.7 Å². The van der Waals surface area contributed by atoms with Gasteiger partial charge in [0, 0.05) is 13.2 Å². The molecule has 0 radical (unpaired) electrons. The van der Waals surface area contributed by atoms with Crippen LogP contribution in [0.15, 0.2) is 16.7 Å². The number of amides is 1. The smallest absolute Gasteiger partial charge is 0.268 e. The van der Waals surface area contributed by atoms with Gasteiger partial charge in [-0.3, -0.25) is 15.1 Å². The van der Waals surface area contributed by atoms with E-state index in [-0.39, 0.29) is 5.91 Å². The molecule has 1 heterocycles. The summed E-state index contributed by atoms with van der Waals surface area (Å²) in [6, 6.07) is 1.62. The lowest BCUT2D eigenvalue weighted by atomic mass is 10.2. The zero-order valence-electron chi connectivity index (χ0n) is 10.9. The molecule has 1 amide bonds. The van der Waals surface area contributed by atoms with Crippen molar-refractivity contribution >= 4 is 5.91 Å². The van der Waals surface area contributed by atoms with Gasteiger partial charge < -0.3 is 9.15 Å². The first-order valence-electron chi connectivity index (χ1n) is 6.10. The van der Waals surface area contributed by atoms with E-state index in [1.54, 1.807) is 6.07 Å². The molecule has 0 saturated heterocycles. The number of nitrogens with zero attached hydrogens (tertiary/aromatic N) is 1. The molecule has 1 aromatic rings. The summed E-state index contributed by atoms with van der Waals surface area (Å²) in [5.74, 6) is 5.41. The van der Waals surface area contributed by atoms with Crippen LogP contribution in [-0.2, 0) is 11.3 Å². The molecule has 0 aliphatic heterocycles. The lowest BCUT2D eigenvalue weighted by Crippen LogP contribution is -2.32. The second kappa shape index (κ2) is 7.86. The summed E-state index contributed by atoms with van der Waals surface area (Å²) in [5.41, 5.74) is 2.59. The van der Waals surface area contributed by atoms with Gasteiger partial charge in [-0.15, -0.1) is 0 Å². The van der Waals surface area contributed by atoms with Crippen LogP contribution in [0, 0.1) is 0 Å². The number of hydrogen-bond acceptors (Lipinski definition) is 5. The maximum absolute atomic E-state index is 11.5. The van der Waals surface area contributed by atoms with Crippen LogP contribution in [-0.4, -0.2) is 37.1 Å². The Balaban J connectivity index is 2.58. The van der Waals surface area contributed by atoms with Crippen LogP contribution in [0.2, 0.25) is 0 Å². The largest absolute Gasteiger partial charge is 0.467 e. The van der Waals surface area contributed by atoms with Crippen molar-refractivity contribution in [1.82, 2.24) is 10.3 Å². The van der Waals surface area contributed by atoms with Crippen LogP contribution in [0.5, 0.6) is 0 Å². The van der Waals surface area contributed by atoms with Gasteiger partial charge in [0.05, 0.1) is 25.0 Å². The number of carbonyl (C=O) groups is 1. The van der Waals surface area contributed by atoms with E-state index >= 15 is 0 Å². The molecular weight excluding hydrogens is 234 g/mol. The average Bonchev–Trinajstić information content (AvgIpc) is 2.85. The maximum atomic E-state index is 11.5. The molecule has 0 spiro atoms. The predicted molar refractivity (Wildman–Crippen MR) is 67.8 cm³/mol. The first-order valence-corrected chi connectivity index (χ1v) is 6.10. The molecule has 18 heavy (non-hydrogen) atoms. The first-order chi connectivity index (χ1) is 8.72. The van der Waals surface area contributed by atoms with Crippen LogP contribution in [0.4, 0.5) is 0 Å². The molecular formula is C12H21N3O3. The van der Waals surface area contributed by atoms with Gasteiger partial charge in [-0.2, -0.15) is 0 Å². The number of ether oxygens (including phenoxy) is 1. The molecule has 1 rings (SSSR count). The van der Waals surface area contributed by atoms with Crippen LogP contribution >= 0.6 is 0 Å². The molecule has 3 N–H and O–H groups in total. The average molecular weight is 255 g/mol. The van der Waals surface area contributed by atoms with Crippen molar-refractivity contribution in [2.45, 2.75) is 20.4 Å². The SMILES string of the molecule is CCOCCN(CC)Cc1occc1C(=O)NN. The summed E-state index contributed by atoms with van der Waals surface area (Å²) in [5, 5.41) is 0. The van der Waals surface area contributed by atoms with Crippen LogP contribution in [0.1, 0.15) is 30.0 Å². The molecule has 102 valence electrons. The fourth-order valence-electron chi connectivity index (χ4n) is 1.63. The fraction of sp³-hybridized carbons (Fsp3) is 0.583. The Labute approximate surface area is 107 Å². The van der Waals surface area contributed by atoms with Gasteiger partial charge in [-0.05, 0) is 19.5 Å². The van der Waals surface area contributed by atoms with Crippen molar-refractivity contribution in [2.75, 3.05) is 26.3 Å². The number of hydrazine groups is 1. The van der Waals surface area contributed by atoms with Gasteiger partial charge in [-0.25, -0.2) is 5.84 Å². The monoisotopic (exact) mass is 255 g/mol. The van der Waals surface area contributed by atoms with E-state index in [2.05, 4.69) is 17.2 Å². The molecule has 0 aliphatic rings. The van der Waals surface area contributed by atoms with E-state index in [4.69, 9.17) is 15.0 Å². The third-order valence-electron chi connectivity index (χ3n) is 2.69. The zero-order valence-corrected chi connectivity index (χ0v) is 10.9. The number of nitrogens with one attached hydrogen (secondary N) is 1. The highest BCUT2D eigenvalue weighted by atomic mass is 16.5. The Morgan fingerprint density at radius 2 is 2.33 bits per heavy atom. The predicted octanol–water partition coefficient (Wildman–Crippen LogP) is 0.742. The number of hydrogen-bond donors (Lipinski definition) is 2.